The third-order valence-corrected chi connectivity index (χ3v) is 3.70. The number of hydrogen-bond donors (Lipinski definition) is 1. The zero-order chi connectivity index (χ0) is 15.2. The molecule has 0 spiro atoms. The van der Waals surface area contributed by atoms with Crippen molar-refractivity contribution in [2.75, 3.05) is 20.3 Å². The molecule has 1 N–H and O–H groups in total. The Morgan fingerprint density at radius 2 is 1.76 bits per heavy atom. The van der Waals surface area contributed by atoms with Crippen LogP contribution in [-0.4, -0.2) is 31.4 Å². The van der Waals surface area contributed by atoms with Crippen molar-refractivity contribution < 1.29 is 24.1 Å². The van der Waals surface area contributed by atoms with E-state index in [0.29, 0.717) is 23.9 Å². The van der Waals surface area contributed by atoms with E-state index in [0.717, 1.165) is 4.88 Å². The van der Waals surface area contributed by atoms with Crippen molar-refractivity contribution in [3.8, 4) is 17.2 Å². The van der Waals surface area contributed by atoms with Gasteiger partial charge in [-0.05, 0) is 25.1 Å². The van der Waals surface area contributed by atoms with Crippen molar-refractivity contribution in [3.05, 3.63) is 40.1 Å². The number of aromatic carboxylic acids is 1. The van der Waals surface area contributed by atoms with Gasteiger partial charge in [-0.1, -0.05) is 12.1 Å². The molecular weight excluding hydrogens is 292 g/mol. The monoisotopic (exact) mass is 308 g/mol. The molecule has 0 radical (unpaired) electrons. The number of thiophene rings is 1. The third-order valence-electron chi connectivity index (χ3n) is 2.68. The summed E-state index contributed by atoms with van der Waals surface area (Å²) in [6, 6.07) is 9.04. The first kappa shape index (κ1) is 15.2. The van der Waals surface area contributed by atoms with Crippen LogP contribution in [0.4, 0.5) is 0 Å². The smallest absolute Gasteiger partial charge is 0.349 e. The highest BCUT2D eigenvalue weighted by Crippen LogP contribution is 2.29. The van der Waals surface area contributed by atoms with Crippen LogP contribution in [0.3, 0.4) is 0 Å². The van der Waals surface area contributed by atoms with Crippen molar-refractivity contribution in [2.24, 2.45) is 0 Å². The first-order valence-corrected chi connectivity index (χ1v) is 7.16. The minimum absolute atomic E-state index is 0.213. The Bertz CT molecular complexity index is 620. The number of rotatable bonds is 7. The van der Waals surface area contributed by atoms with Crippen LogP contribution < -0.4 is 14.2 Å². The summed E-state index contributed by atoms with van der Waals surface area (Å²) in [4.78, 5) is 12.2. The van der Waals surface area contributed by atoms with Crippen molar-refractivity contribution in [1.29, 1.82) is 0 Å². The number of methoxy groups -OCH3 is 1. The van der Waals surface area contributed by atoms with Gasteiger partial charge in [-0.3, -0.25) is 0 Å². The van der Waals surface area contributed by atoms with Crippen LogP contribution in [0.5, 0.6) is 17.2 Å². The van der Waals surface area contributed by atoms with Gasteiger partial charge in [0.2, 0.25) is 0 Å². The molecule has 0 aliphatic heterocycles. The maximum Gasteiger partial charge on any atom is 0.349 e. The van der Waals surface area contributed by atoms with Crippen LogP contribution >= 0.6 is 11.3 Å². The zero-order valence-electron chi connectivity index (χ0n) is 11.8. The molecule has 0 bridgehead atoms. The number of carboxylic acid groups (broad SMARTS) is 1. The molecular formula is C15H16O5S. The Kier molecular flexibility index (Phi) is 5.05. The molecule has 6 heteroatoms. The second-order valence-electron chi connectivity index (χ2n) is 4.20. The molecule has 21 heavy (non-hydrogen) atoms. The van der Waals surface area contributed by atoms with E-state index in [2.05, 4.69) is 0 Å². The number of benzene rings is 1. The van der Waals surface area contributed by atoms with E-state index in [4.69, 9.17) is 19.3 Å². The van der Waals surface area contributed by atoms with Gasteiger partial charge in [-0.2, -0.15) is 0 Å². The lowest BCUT2D eigenvalue weighted by Crippen LogP contribution is -2.10. The average molecular weight is 308 g/mol. The molecule has 5 nitrogen and oxygen atoms in total. The fourth-order valence-corrected chi connectivity index (χ4v) is 2.58. The molecule has 2 aromatic rings. The third kappa shape index (κ3) is 3.88. The highest BCUT2D eigenvalue weighted by molar-refractivity contribution is 7.14. The lowest BCUT2D eigenvalue weighted by Gasteiger charge is -2.10. The summed E-state index contributed by atoms with van der Waals surface area (Å²) in [5.74, 6) is 0.682. The van der Waals surface area contributed by atoms with Crippen molar-refractivity contribution in [1.82, 2.24) is 0 Å². The molecule has 1 aromatic heterocycles. The van der Waals surface area contributed by atoms with E-state index in [-0.39, 0.29) is 11.5 Å². The van der Waals surface area contributed by atoms with Gasteiger partial charge >= 0.3 is 5.97 Å². The summed E-state index contributed by atoms with van der Waals surface area (Å²) in [5, 5.41) is 9.06. The van der Waals surface area contributed by atoms with E-state index >= 15 is 0 Å². The molecule has 0 saturated carbocycles. The lowest BCUT2D eigenvalue weighted by molar-refractivity contribution is 0.0697. The van der Waals surface area contributed by atoms with E-state index in [9.17, 15) is 4.79 Å². The molecule has 0 fully saturated rings. The largest absolute Gasteiger partial charge is 0.493 e. The van der Waals surface area contributed by atoms with Crippen LogP contribution in [0, 0.1) is 6.92 Å². The maximum absolute atomic E-state index is 11.1. The topological polar surface area (TPSA) is 65.0 Å². The minimum atomic E-state index is -0.978. The van der Waals surface area contributed by atoms with E-state index in [1.807, 2.05) is 19.1 Å². The normalized spacial score (nSPS) is 10.2. The van der Waals surface area contributed by atoms with E-state index in [1.165, 1.54) is 11.3 Å². The molecule has 112 valence electrons. The molecule has 2 rings (SSSR count). The average Bonchev–Trinajstić information content (AvgIpc) is 2.85. The van der Waals surface area contributed by atoms with Crippen molar-refractivity contribution >= 4 is 17.3 Å². The Labute approximate surface area is 126 Å². The van der Waals surface area contributed by atoms with Gasteiger partial charge in [0, 0.05) is 4.88 Å². The van der Waals surface area contributed by atoms with Crippen LogP contribution in [0.2, 0.25) is 0 Å². The second-order valence-corrected chi connectivity index (χ2v) is 5.46. The van der Waals surface area contributed by atoms with Gasteiger partial charge in [0.1, 0.15) is 19.0 Å². The number of carboxylic acids is 1. The summed E-state index contributed by atoms with van der Waals surface area (Å²) in [7, 11) is 1.58. The number of carbonyl (C=O) groups is 1. The molecule has 0 atom stereocenters. The summed E-state index contributed by atoms with van der Waals surface area (Å²) in [6.45, 7) is 2.40. The number of ether oxygens (including phenoxy) is 3. The van der Waals surface area contributed by atoms with Crippen LogP contribution in [-0.2, 0) is 0 Å². The summed E-state index contributed by atoms with van der Waals surface area (Å²) in [5.41, 5.74) is 0. The SMILES string of the molecule is COc1ccccc1OCCOc1cc(C)sc1C(=O)O. The first-order valence-electron chi connectivity index (χ1n) is 6.34. The predicted octanol–water partition coefficient (Wildman–Crippen LogP) is 3.22. The number of para-hydroxylation sites is 2. The summed E-state index contributed by atoms with van der Waals surface area (Å²) >= 11 is 1.20. The minimum Gasteiger partial charge on any atom is -0.493 e. The van der Waals surface area contributed by atoms with Crippen LogP contribution in [0.1, 0.15) is 14.5 Å². The number of aryl methyl sites for hydroxylation is 1. The Hall–Kier alpha value is -2.21. The lowest BCUT2D eigenvalue weighted by atomic mass is 10.3. The van der Waals surface area contributed by atoms with Crippen LogP contribution in [0.25, 0.3) is 0 Å². The standard InChI is InChI=1S/C15H16O5S/c1-10-9-13(14(21-10)15(16)17)20-8-7-19-12-6-4-3-5-11(12)18-2/h3-6,9H,7-8H2,1-2H3,(H,16,17). The van der Waals surface area contributed by atoms with Gasteiger partial charge in [-0.15, -0.1) is 11.3 Å². The first-order chi connectivity index (χ1) is 10.1. The van der Waals surface area contributed by atoms with Gasteiger partial charge in [0.15, 0.2) is 16.4 Å². The molecule has 0 saturated heterocycles. The van der Waals surface area contributed by atoms with Crippen LogP contribution in [0.15, 0.2) is 30.3 Å². The van der Waals surface area contributed by atoms with Gasteiger partial charge in [-0.25, -0.2) is 4.79 Å². The zero-order valence-corrected chi connectivity index (χ0v) is 12.6. The highest BCUT2D eigenvalue weighted by atomic mass is 32.1. The molecule has 1 heterocycles. The molecule has 0 aliphatic carbocycles. The Morgan fingerprint density at radius 1 is 1.14 bits per heavy atom. The van der Waals surface area contributed by atoms with Gasteiger partial charge in [0.25, 0.3) is 0 Å². The predicted molar refractivity (Wildman–Crippen MR) is 80.0 cm³/mol. The summed E-state index contributed by atoms with van der Waals surface area (Å²) in [6.07, 6.45) is 0. The molecule has 1 aromatic carbocycles. The second kappa shape index (κ2) is 6.99. The fourth-order valence-electron chi connectivity index (χ4n) is 1.79. The van der Waals surface area contributed by atoms with E-state index < -0.39 is 5.97 Å². The highest BCUT2D eigenvalue weighted by Gasteiger charge is 2.15. The Balaban J connectivity index is 1.89. The van der Waals surface area contributed by atoms with Gasteiger partial charge < -0.3 is 19.3 Å². The van der Waals surface area contributed by atoms with Crippen molar-refractivity contribution in [2.45, 2.75) is 6.92 Å². The summed E-state index contributed by atoms with van der Waals surface area (Å²) < 4.78 is 16.2. The number of hydrogen-bond acceptors (Lipinski definition) is 5. The molecule has 0 unspecified atom stereocenters. The maximum atomic E-state index is 11.1. The van der Waals surface area contributed by atoms with E-state index in [1.54, 1.807) is 25.3 Å². The molecule has 0 aliphatic rings. The van der Waals surface area contributed by atoms with Crippen molar-refractivity contribution in [3.63, 3.8) is 0 Å². The molecule has 0 amide bonds. The Morgan fingerprint density at radius 3 is 2.38 bits per heavy atom. The van der Waals surface area contributed by atoms with Gasteiger partial charge in [0.05, 0.1) is 7.11 Å². The fraction of sp³-hybridized carbons (Fsp3) is 0.267. The quantitative estimate of drug-likeness (QED) is 0.796.